The number of carbonyl (C=O) groups is 1. The van der Waals surface area contributed by atoms with Gasteiger partial charge in [-0.1, -0.05) is 12.1 Å². The molecule has 162 valence electrons. The van der Waals surface area contributed by atoms with E-state index in [-0.39, 0.29) is 30.7 Å². The summed E-state index contributed by atoms with van der Waals surface area (Å²) in [7, 11) is 2.03. The van der Waals surface area contributed by atoms with E-state index >= 15 is 0 Å². The highest BCUT2D eigenvalue weighted by atomic mass is 35.5. The fourth-order valence-corrected chi connectivity index (χ4v) is 3.75. The van der Waals surface area contributed by atoms with E-state index in [1.54, 1.807) is 0 Å². The zero-order valence-electron chi connectivity index (χ0n) is 17.3. The van der Waals surface area contributed by atoms with Crippen LogP contribution >= 0.6 is 24.8 Å². The maximum absolute atomic E-state index is 12.4. The minimum Gasteiger partial charge on any atom is -0.325 e. The van der Waals surface area contributed by atoms with Gasteiger partial charge in [-0.25, -0.2) is 4.98 Å². The van der Waals surface area contributed by atoms with Crippen molar-refractivity contribution in [3.05, 3.63) is 54.4 Å². The minimum atomic E-state index is 0. The van der Waals surface area contributed by atoms with Crippen LogP contribution in [0, 0.1) is 6.92 Å². The number of piperidine rings is 1. The van der Waals surface area contributed by atoms with Crippen molar-refractivity contribution in [2.45, 2.75) is 25.8 Å². The number of hydrogen-bond donors (Lipinski definition) is 2. The predicted molar refractivity (Wildman–Crippen MR) is 127 cm³/mol. The van der Waals surface area contributed by atoms with E-state index in [9.17, 15) is 4.79 Å². The topological polar surface area (TPSA) is 61.7 Å². The summed E-state index contributed by atoms with van der Waals surface area (Å²) >= 11 is 0. The van der Waals surface area contributed by atoms with E-state index in [0.717, 1.165) is 48.5 Å². The molecule has 0 atom stereocenters. The molecule has 2 aromatic heterocycles. The molecule has 30 heavy (non-hydrogen) atoms. The highest BCUT2D eigenvalue weighted by Gasteiger charge is 2.19. The summed E-state index contributed by atoms with van der Waals surface area (Å²) in [5.74, 6) is 0.0250. The van der Waals surface area contributed by atoms with Crippen LogP contribution in [0.4, 0.5) is 5.69 Å². The molecule has 0 bridgehead atoms. The number of aryl methyl sites for hydroxylation is 1. The molecule has 0 aliphatic carbocycles. The zero-order valence-corrected chi connectivity index (χ0v) is 18.9. The number of aromatic nitrogens is 2. The number of anilines is 1. The summed E-state index contributed by atoms with van der Waals surface area (Å²) in [5.41, 5.74) is 4.90. The van der Waals surface area contributed by atoms with Gasteiger partial charge in [0.25, 0.3) is 0 Å². The van der Waals surface area contributed by atoms with Gasteiger partial charge in [-0.3, -0.25) is 9.69 Å². The van der Waals surface area contributed by atoms with Crippen LogP contribution in [0.25, 0.3) is 16.9 Å². The van der Waals surface area contributed by atoms with Crippen LogP contribution in [0.5, 0.6) is 0 Å². The second-order valence-electron chi connectivity index (χ2n) is 7.62. The van der Waals surface area contributed by atoms with Gasteiger partial charge >= 0.3 is 0 Å². The normalized spacial score (nSPS) is 14.2. The van der Waals surface area contributed by atoms with Crippen molar-refractivity contribution in [2.24, 2.45) is 0 Å². The highest BCUT2D eigenvalue weighted by Crippen LogP contribution is 2.22. The minimum absolute atomic E-state index is 0. The summed E-state index contributed by atoms with van der Waals surface area (Å²) < 4.78 is 2.02. The first-order valence-electron chi connectivity index (χ1n) is 9.85. The van der Waals surface area contributed by atoms with Gasteiger partial charge in [-0.15, -0.1) is 24.8 Å². The summed E-state index contributed by atoms with van der Waals surface area (Å²) in [4.78, 5) is 19.2. The zero-order chi connectivity index (χ0) is 19.5. The average Bonchev–Trinajstić information content (AvgIpc) is 3.12. The van der Waals surface area contributed by atoms with Crippen LogP contribution in [0.1, 0.15) is 18.4 Å². The first-order valence-corrected chi connectivity index (χ1v) is 9.85. The second kappa shape index (κ2) is 10.8. The van der Waals surface area contributed by atoms with E-state index in [1.807, 2.05) is 48.1 Å². The lowest BCUT2D eigenvalue weighted by molar-refractivity contribution is -0.117. The van der Waals surface area contributed by atoms with Crippen molar-refractivity contribution < 1.29 is 4.79 Å². The molecule has 1 aromatic carbocycles. The number of pyridine rings is 1. The Morgan fingerprint density at radius 2 is 1.90 bits per heavy atom. The Bertz CT molecular complexity index is 967. The number of halogens is 2. The number of carbonyl (C=O) groups excluding carboxylic acids is 1. The molecule has 1 aliphatic heterocycles. The Morgan fingerprint density at radius 3 is 2.60 bits per heavy atom. The largest absolute Gasteiger partial charge is 0.325 e. The van der Waals surface area contributed by atoms with Gasteiger partial charge in [-0.05, 0) is 69.7 Å². The summed E-state index contributed by atoms with van der Waals surface area (Å²) in [6, 6.07) is 12.5. The van der Waals surface area contributed by atoms with Crippen LogP contribution in [0.15, 0.2) is 48.8 Å². The highest BCUT2D eigenvalue weighted by molar-refractivity contribution is 5.92. The van der Waals surface area contributed by atoms with E-state index in [2.05, 4.69) is 39.6 Å². The lowest BCUT2D eigenvalue weighted by Crippen LogP contribution is -2.44. The number of benzene rings is 1. The standard InChI is InChI=1S/C22H27N5O.2ClH/c1-16-9-12-27-14-20(25-21(27)13-16)17-3-5-18(6-4-17)24-22(28)15-26(2)19-7-10-23-11-8-19;;/h3-6,9,12-14,19,23H,7-8,10-11,15H2,1-2H3,(H,24,28);2*1H. The molecule has 3 heterocycles. The van der Waals surface area contributed by atoms with Crippen LogP contribution in [0.3, 0.4) is 0 Å². The van der Waals surface area contributed by atoms with Crippen molar-refractivity contribution in [1.82, 2.24) is 19.6 Å². The summed E-state index contributed by atoms with van der Waals surface area (Å²) in [6.07, 6.45) is 6.24. The number of rotatable bonds is 5. The molecule has 8 heteroatoms. The number of nitrogens with zero attached hydrogens (tertiary/aromatic N) is 3. The summed E-state index contributed by atoms with van der Waals surface area (Å²) in [5, 5.41) is 6.36. The molecule has 0 spiro atoms. The number of imidazole rings is 1. The SMILES string of the molecule is Cc1ccn2cc(-c3ccc(NC(=O)CN(C)C4CCNCC4)cc3)nc2c1.Cl.Cl. The third-order valence-corrected chi connectivity index (χ3v) is 5.41. The van der Waals surface area contributed by atoms with Crippen LogP contribution < -0.4 is 10.6 Å². The molecule has 0 saturated carbocycles. The average molecular weight is 450 g/mol. The maximum Gasteiger partial charge on any atom is 0.238 e. The lowest BCUT2D eigenvalue weighted by Gasteiger charge is -2.31. The van der Waals surface area contributed by atoms with Gasteiger partial charge in [-0.2, -0.15) is 0 Å². The Balaban J connectivity index is 0.00000160. The van der Waals surface area contributed by atoms with Gasteiger partial charge < -0.3 is 15.0 Å². The summed E-state index contributed by atoms with van der Waals surface area (Å²) in [6.45, 7) is 4.54. The molecular formula is C22H29Cl2N5O. The van der Waals surface area contributed by atoms with Gasteiger partial charge in [0.05, 0.1) is 12.2 Å². The number of nitrogens with one attached hydrogen (secondary N) is 2. The third kappa shape index (κ3) is 5.73. The van der Waals surface area contributed by atoms with Crippen molar-refractivity contribution in [2.75, 3.05) is 32.0 Å². The predicted octanol–water partition coefficient (Wildman–Crippen LogP) is 3.78. The first kappa shape index (κ1) is 24.2. The number of likely N-dealkylation sites (N-methyl/N-ethyl adjacent to an activating group) is 1. The molecule has 0 radical (unpaired) electrons. The Morgan fingerprint density at radius 1 is 1.20 bits per heavy atom. The molecule has 1 saturated heterocycles. The van der Waals surface area contributed by atoms with Crippen LogP contribution in [-0.2, 0) is 4.79 Å². The maximum atomic E-state index is 12.4. The van der Waals surface area contributed by atoms with Crippen molar-refractivity contribution in [3.8, 4) is 11.3 Å². The first-order chi connectivity index (χ1) is 13.6. The second-order valence-corrected chi connectivity index (χ2v) is 7.62. The van der Waals surface area contributed by atoms with Gasteiger partial charge in [0.1, 0.15) is 5.65 Å². The fraction of sp³-hybridized carbons (Fsp3) is 0.364. The molecule has 1 amide bonds. The van der Waals surface area contributed by atoms with Crippen LogP contribution in [-0.4, -0.2) is 52.9 Å². The van der Waals surface area contributed by atoms with Gasteiger partial charge in [0, 0.05) is 29.7 Å². The van der Waals surface area contributed by atoms with E-state index in [1.165, 1.54) is 5.56 Å². The molecule has 0 unspecified atom stereocenters. The monoisotopic (exact) mass is 449 g/mol. The van der Waals surface area contributed by atoms with Crippen LogP contribution in [0.2, 0.25) is 0 Å². The Hall–Kier alpha value is -2.12. The third-order valence-electron chi connectivity index (χ3n) is 5.41. The molecule has 3 aromatic rings. The smallest absolute Gasteiger partial charge is 0.238 e. The molecule has 1 aliphatic rings. The molecule has 2 N–H and O–H groups in total. The number of hydrogen-bond acceptors (Lipinski definition) is 4. The van der Waals surface area contributed by atoms with Gasteiger partial charge in [0.15, 0.2) is 0 Å². The quantitative estimate of drug-likeness (QED) is 0.621. The van der Waals surface area contributed by atoms with E-state index in [4.69, 9.17) is 0 Å². The number of fused-ring (bicyclic) bond motifs is 1. The Kier molecular flexibility index (Phi) is 8.67. The van der Waals surface area contributed by atoms with E-state index < -0.39 is 0 Å². The number of amides is 1. The van der Waals surface area contributed by atoms with Crippen molar-refractivity contribution in [1.29, 1.82) is 0 Å². The fourth-order valence-electron chi connectivity index (χ4n) is 3.75. The van der Waals surface area contributed by atoms with Crippen molar-refractivity contribution in [3.63, 3.8) is 0 Å². The molecular weight excluding hydrogens is 421 g/mol. The molecule has 6 nitrogen and oxygen atoms in total. The lowest BCUT2D eigenvalue weighted by atomic mass is 10.1. The van der Waals surface area contributed by atoms with Gasteiger partial charge in [0.2, 0.25) is 5.91 Å². The molecule has 4 rings (SSSR count). The van der Waals surface area contributed by atoms with E-state index in [0.29, 0.717) is 12.6 Å². The Labute approximate surface area is 189 Å². The molecule has 1 fully saturated rings. The van der Waals surface area contributed by atoms with Crippen molar-refractivity contribution >= 4 is 42.1 Å².